The Morgan fingerprint density at radius 2 is 2.00 bits per heavy atom. The molecule has 1 aromatic carbocycles. The maximum Gasteiger partial charge on any atom is 0.146 e. The van der Waals surface area contributed by atoms with E-state index in [0.29, 0.717) is 6.61 Å². The Balaban J connectivity index is 1.88. The summed E-state index contributed by atoms with van der Waals surface area (Å²) in [6.07, 6.45) is 4.91. The van der Waals surface area contributed by atoms with E-state index < -0.39 is 0 Å². The zero-order valence-electron chi connectivity index (χ0n) is 12.0. The summed E-state index contributed by atoms with van der Waals surface area (Å²) in [5.41, 5.74) is 1.17. The van der Waals surface area contributed by atoms with Gasteiger partial charge in [-0.25, -0.2) is 0 Å². The number of hydrogen-bond donors (Lipinski definition) is 1. The molecule has 0 atom stereocenters. The van der Waals surface area contributed by atoms with Crippen LogP contribution in [0.1, 0.15) is 24.7 Å². The van der Waals surface area contributed by atoms with Crippen molar-refractivity contribution in [3.63, 3.8) is 0 Å². The lowest BCUT2D eigenvalue weighted by Crippen LogP contribution is -2.14. The average Bonchev–Trinajstić information content (AvgIpc) is 2.93. The highest BCUT2D eigenvalue weighted by Crippen LogP contribution is 2.20. The minimum Gasteiger partial charge on any atom is -0.486 e. The first kappa shape index (κ1) is 15.0. The van der Waals surface area contributed by atoms with Crippen LogP contribution < -0.4 is 10.1 Å². The van der Waals surface area contributed by atoms with E-state index in [4.69, 9.17) is 9.15 Å². The Bertz CT molecular complexity index is 507. The second-order valence-corrected chi connectivity index (χ2v) is 5.39. The molecular weight excluding hydrogens is 270 g/mol. The van der Waals surface area contributed by atoms with E-state index in [1.165, 1.54) is 10.5 Å². The minimum atomic E-state index is 0.467. The first-order valence-electron chi connectivity index (χ1n) is 6.86. The van der Waals surface area contributed by atoms with Crippen molar-refractivity contribution < 1.29 is 9.15 Å². The van der Waals surface area contributed by atoms with Crippen molar-refractivity contribution in [2.24, 2.45) is 0 Å². The SMILES string of the molecule is CCCNCc1ccoc1COc1ccc(SC)cc1. The predicted molar refractivity (Wildman–Crippen MR) is 83.3 cm³/mol. The molecule has 0 aliphatic heterocycles. The van der Waals surface area contributed by atoms with Gasteiger partial charge in [0.15, 0.2) is 0 Å². The quantitative estimate of drug-likeness (QED) is 0.587. The molecule has 20 heavy (non-hydrogen) atoms. The third-order valence-corrected chi connectivity index (χ3v) is 3.75. The van der Waals surface area contributed by atoms with E-state index in [0.717, 1.165) is 31.0 Å². The van der Waals surface area contributed by atoms with E-state index in [-0.39, 0.29) is 0 Å². The Kier molecular flexibility index (Phi) is 6.02. The van der Waals surface area contributed by atoms with Crippen molar-refractivity contribution in [2.75, 3.05) is 12.8 Å². The highest BCUT2D eigenvalue weighted by molar-refractivity contribution is 7.98. The summed E-state index contributed by atoms with van der Waals surface area (Å²) >= 11 is 1.72. The lowest BCUT2D eigenvalue weighted by Gasteiger charge is -2.07. The molecule has 2 aromatic rings. The molecular formula is C16H21NO2S. The molecule has 2 rings (SSSR count). The van der Waals surface area contributed by atoms with Gasteiger partial charge in [0, 0.05) is 17.0 Å². The third-order valence-electron chi connectivity index (χ3n) is 3.01. The molecule has 4 heteroatoms. The summed E-state index contributed by atoms with van der Waals surface area (Å²) < 4.78 is 11.3. The van der Waals surface area contributed by atoms with Crippen LogP contribution >= 0.6 is 11.8 Å². The number of hydrogen-bond acceptors (Lipinski definition) is 4. The van der Waals surface area contributed by atoms with Crippen LogP contribution in [-0.4, -0.2) is 12.8 Å². The van der Waals surface area contributed by atoms with Crippen molar-refractivity contribution >= 4 is 11.8 Å². The van der Waals surface area contributed by atoms with Crippen LogP contribution in [0.5, 0.6) is 5.75 Å². The van der Waals surface area contributed by atoms with Gasteiger partial charge in [0.25, 0.3) is 0 Å². The van der Waals surface area contributed by atoms with Gasteiger partial charge in [0.2, 0.25) is 0 Å². The summed E-state index contributed by atoms with van der Waals surface area (Å²) in [5.74, 6) is 1.76. The zero-order chi connectivity index (χ0) is 14.2. The lowest BCUT2D eigenvalue weighted by molar-refractivity contribution is 0.268. The van der Waals surface area contributed by atoms with Crippen LogP contribution in [0.15, 0.2) is 45.9 Å². The van der Waals surface area contributed by atoms with E-state index in [1.807, 2.05) is 18.2 Å². The fourth-order valence-corrected chi connectivity index (χ4v) is 2.28. The fourth-order valence-electron chi connectivity index (χ4n) is 1.87. The largest absolute Gasteiger partial charge is 0.486 e. The van der Waals surface area contributed by atoms with Crippen molar-refractivity contribution in [3.05, 3.63) is 47.9 Å². The molecule has 0 saturated heterocycles. The molecule has 3 nitrogen and oxygen atoms in total. The van der Waals surface area contributed by atoms with Crippen molar-refractivity contribution in [3.8, 4) is 5.75 Å². The highest BCUT2D eigenvalue weighted by Gasteiger charge is 2.07. The molecule has 0 aliphatic carbocycles. The van der Waals surface area contributed by atoms with Crippen LogP contribution in [-0.2, 0) is 13.2 Å². The maximum atomic E-state index is 5.77. The molecule has 0 spiro atoms. The van der Waals surface area contributed by atoms with E-state index in [2.05, 4.69) is 30.6 Å². The topological polar surface area (TPSA) is 34.4 Å². The number of furan rings is 1. The molecule has 0 saturated carbocycles. The first-order chi connectivity index (χ1) is 9.83. The second-order valence-electron chi connectivity index (χ2n) is 4.51. The summed E-state index contributed by atoms with van der Waals surface area (Å²) in [7, 11) is 0. The number of nitrogens with one attached hydrogen (secondary N) is 1. The zero-order valence-corrected chi connectivity index (χ0v) is 12.8. The summed E-state index contributed by atoms with van der Waals surface area (Å²) in [6, 6.07) is 10.1. The molecule has 1 heterocycles. The minimum absolute atomic E-state index is 0.467. The molecule has 0 aliphatic rings. The number of thioether (sulfide) groups is 1. The average molecular weight is 291 g/mol. The first-order valence-corrected chi connectivity index (χ1v) is 8.08. The van der Waals surface area contributed by atoms with Gasteiger partial charge in [-0.3, -0.25) is 0 Å². The Hall–Kier alpha value is -1.39. The Morgan fingerprint density at radius 1 is 1.20 bits per heavy atom. The van der Waals surface area contributed by atoms with Crippen LogP contribution in [0, 0.1) is 0 Å². The summed E-state index contributed by atoms with van der Waals surface area (Å²) in [4.78, 5) is 1.24. The number of rotatable bonds is 8. The smallest absolute Gasteiger partial charge is 0.146 e. The van der Waals surface area contributed by atoms with Crippen molar-refractivity contribution in [1.82, 2.24) is 5.32 Å². The van der Waals surface area contributed by atoms with Crippen molar-refractivity contribution in [1.29, 1.82) is 0 Å². The Labute approximate surface area is 124 Å². The van der Waals surface area contributed by atoms with Crippen LogP contribution in [0.4, 0.5) is 0 Å². The molecule has 1 N–H and O–H groups in total. The molecule has 1 aromatic heterocycles. The van der Waals surface area contributed by atoms with Gasteiger partial charge >= 0.3 is 0 Å². The standard InChI is InChI=1S/C16H21NO2S/c1-3-9-17-11-13-8-10-18-16(13)12-19-14-4-6-15(20-2)7-5-14/h4-8,10,17H,3,9,11-12H2,1-2H3. The Morgan fingerprint density at radius 3 is 2.70 bits per heavy atom. The molecule has 0 amide bonds. The summed E-state index contributed by atoms with van der Waals surface area (Å²) in [6.45, 7) is 4.47. The predicted octanol–water partition coefficient (Wildman–Crippen LogP) is 4.08. The van der Waals surface area contributed by atoms with Crippen LogP contribution in [0.25, 0.3) is 0 Å². The van der Waals surface area contributed by atoms with Gasteiger partial charge < -0.3 is 14.5 Å². The second kappa shape index (κ2) is 8.02. The van der Waals surface area contributed by atoms with Crippen LogP contribution in [0.2, 0.25) is 0 Å². The van der Waals surface area contributed by atoms with Gasteiger partial charge in [0.1, 0.15) is 18.1 Å². The monoisotopic (exact) mass is 291 g/mol. The van der Waals surface area contributed by atoms with Gasteiger partial charge in [-0.2, -0.15) is 0 Å². The van der Waals surface area contributed by atoms with Gasteiger partial charge in [-0.05, 0) is 49.6 Å². The normalized spacial score (nSPS) is 10.7. The lowest BCUT2D eigenvalue weighted by atomic mass is 10.2. The fraction of sp³-hybridized carbons (Fsp3) is 0.375. The van der Waals surface area contributed by atoms with Gasteiger partial charge in [-0.1, -0.05) is 6.92 Å². The summed E-state index contributed by atoms with van der Waals surface area (Å²) in [5, 5.41) is 3.37. The van der Waals surface area contributed by atoms with Crippen LogP contribution in [0.3, 0.4) is 0 Å². The van der Waals surface area contributed by atoms with Gasteiger partial charge in [0.05, 0.1) is 6.26 Å². The van der Waals surface area contributed by atoms with Crippen molar-refractivity contribution in [2.45, 2.75) is 31.4 Å². The molecule has 0 radical (unpaired) electrons. The molecule has 0 bridgehead atoms. The van der Waals surface area contributed by atoms with E-state index in [1.54, 1.807) is 18.0 Å². The van der Waals surface area contributed by atoms with E-state index >= 15 is 0 Å². The highest BCUT2D eigenvalue weighted by atomic mass is 32.2. The number of benzene rings is 1. The molecule has 0 unspecified atom stereocenters. The molecule has 0 fully saturated rings. The molecule has 108 valence electrons. The van der Waals surface area contributed by atoms with Gasteiger partial charge in [-0.15, -0.1) is 11.8 Å². The van der Waals surface area contributed by atoms with E-state index in [9.17, 15) is 0 Å². The third kappa shape index (κ3) is 4.32. The maximum absolute atomic E-state index is 5.77. The number of ether oxygens (including phenoxy) is 1.